The highest BCUT2D eigenvalue weighted by atomic mass is 79.9. The van der Waals surface area contributed by atoms with Gasteiger partial charge in [0.15, 0.2) is 0 Å². The fraction of sp³-hybridized carbons (Fsp3) is 0.444. The summed E-state index contributed by atoms with van der Waals surface area (Å²) in [4.78, 5) is 11.4. The van der Waals surface area contributed by atoms with Crippen LogP contribution in [0.15, 0.2) is 15.2 Å². The minimum absolute atomic E-state index is 0. The molecule has 0 spiro atoms. The highest BCUT2D eigenvalue weighted by Gasteiger charge is 2.12. The highest BCUT2D eigenvalue weighted by Crippen LogP contribution is 2.20. The first-order valence-electron chi connectivity index (χ1n) is 4.38. The van der Waals surface area contributed by atoms with Crippen LogP contribution in [0.2, 0.25) is 0 Å². The van der Waals surface area contributed by atoms with Gasteiger partial charge in [0.25, 0.3) is 0 Å². The number of methoxy groups -OCH3 is 1. The topological polar surface area (TPSA) is 64.3 Å². The Morgan fingerprint density at radius 3 is 2.94 bits per heavy atom. The molecule has 92 valence electrons. The molecule has 1 rings (SSSR count). The Morgan fingerprint density at radius 2 is 2.44 bits per heavy atom. The number of ether oxygens (including phenoxy) is 1. The van der Waals surface area contributed by atoms with Crippen LogP contribution in [0.1, 0.15) is 5.56 Å². The molecule has 0 fully saturated rings. The Bertz CT molecular complexity index is 335. The molecule has 1 heterocycles. The molecule has 0 saturated carbocycles. The van der Waals surface area contributed by atoms with Crippen LogP contribution in [0, 0.1) is 0 Å². The third-order valence-corrected chi connectivity index (χ3v) is 3.32. The summed E-state index contributed by atoms with van der Waals surface area (Å²) in [5.41, 5.74) is 6.61. The minimum atomic E-state index is -0.600. The van der Waals surface area contributed by atoms with Crippen molar-refractivity contribution in [1.82, 2.24) is 5.32 Å². The minimum Gasteiger partial charge on any atom is -0.383 e. The van der Waals surface area contributed by atoms with Crippen molar-refractivity contribution in [3.8, 4) is 0 Å². The zero-order chi connectivity index (χ0) is 11.3. The predicted molar refractivity (Wildman–Crippen MR) is 71.0 cm³/mol. The van der Waals surface area contributed by atoms with Crippen molar-refractivity contribution >= 4 is 45.6 Å². The molecule has 3 N–H and O–H groups in total. The van der Waals surface area contributed by atoms with Gasteiger partial charge in [0.05, 0.1) is 10.4 Å². The number of hydrogen-bond donors (Lipinski definition) is 2. The molecule has 0 aliphatic rings. The van der Waals surface area contributed by atoms with Crippen LogP contribution < -0.4 is 11.1 Å². The maximum absolute atomic E-state index is 11.4. The molecule has 1 aromatic rings. The zero-order valence-corrected chi connectivity index (χ0v) is 12.0. The molecule has 0 aromatic carbocycles. The van der Waals surface area contributed by atoms with Gasteiger partial charge in [0, 0.05) is 13.7 Å². The standard InChI is InChI=1S/C9H13BrN2O2S.ClH/c1-14-4-7(11)9(13)12-3-6-2-8(10)15-5-6;/h2,5,7H,3-4,11H2,1H3,(H,12,13);1H. The number of thiophene rings is 1. The molecule has 0 radical (unpaired) electrons. The van der Waals surface area contributed by atoms with Gasteiger partial charge < -0.3 is 15.8 Å². The Balaban J connectivity index is 0.00000225. The number of nitrogens with one attached hydrogen (secondary N) is 1. The fourth-order valence-electron chi connectivity index (χ4n) is 1.01. The third-order valence-electron chi connectivity index (χ3n) is 1.77. The quantitative estimate of drug-likeness (QED) is 0.861. The molecule has 4 nitrogen and oxygen atoms in total. The Labute approximate surface area is 113 Å². The lowest BCUT2D eigenvalue weighted by Gasteiger charge is -2.10. The SMILES string of the molecule is COCC(N)C(=O)NCc1csc(Br)c1.Cl. The smallest absolute Gasteiger partial charge is 0.239 e. The summed E-state index contributed by atoms with van der Waals surface area (Å²) in [6, 6.07) is 1.37. The molecular formula is C9H14BrClN2O2S. The summed E-state index contributed by atoms with van der Waals surface area (Å²) in [5.74, 6) is -0.195. The number of halogens is 2. The van der Waals surface area contributed by atoms with Crippen molar-refractivity contribution in [3.05, 3.63) is 20.8 Å². The van der Waals surface area contributed by atoms with Crippen LogP contribution in [0.25, 0.3) is 0 Å². The van der Waals surface area contributed by atoms with Crippen LogP contribution in [-0.4, -0.2) is 25.7 Å². The number of rotatable bonds is 5. The van der Waals surface area contributed by atoms with E-state index in [0.29, 0.717) is 6.54 Å². The average Bonchev–Trinajstić information content (AvgIpc) is 2.61. The van der Waals surface area contributed by atoms with Crippen molar-refractivity contribution in [1.29, 1.82) is 0 Å². The van der Waals surface area contributed by atoms with Gasteiger partial charge in [-0.1, -0.05) is 0 Å². The van der Waals surface area contributed by atoms with Gasteiger partial charge >= 0.3 is 0 Å². The van der Waals surface area contributed by atoms with Crippen molar-refractivity contribution in [2.75, 3.05) is 13.7 Å². The summed E-state index contributed by atoms with van der Waals surface area (Å²) in [5, 5.41) is 4.72. The maximum Gasteiger partial charge on any atom is 0.239 e. The van der Waals surface area contributed by atoms with Crippen molar-refractivity contribution in [3.63, 3.8) is 0 Å². The second-order valence-electron chi connectivity index (χ2n) is 3.04. The second kappa shape index (κ2) is 8.03. The molecular weight excluding hydrogens is 316 g/mol. The lowest BCUT2D eigenvalue weighted by Crippen LogP contribution is -2.43. The Morgan fingerprint density at radius 1 is 1.75 bits per heavy atom. The Hall–Kier alpha value is -0.140. The number of amides is 1. The van der Waals surface area contributed by atoms with Gasteiger partial charge in [-0.2, -0.15) is 0 Å². The van der Waals surface area contributed by atoms with E-state index in [1.54, 1.807) is 11.3 Å². The van der Waals surface area contributed by atoms with Crippen LogP contribution in [0.3, 0.4) is 0 Å². The molecule has 1 aromatic heterocycles. The summed E-state index contributed by atoms with van der Waals surface area (Å²) in [7, 11) is 1.52. The first-order chi connectivity index (χ1) is 7.13. The molecule has 1 amide bonds. The predicted octanol–water partition coefficient (Wildman–Crippen LogP) is 1.52. The molecule has 0 bridgehead atoms. The largest absolute Gasteiger partial charge is 0.383 e. The van der Waals surface area contributed by atoms with Crippen molar-refractivity contribution < 1.29 is 9.53 Å². The lowest BCUT2D eigenvalue weighted by molar-refractivity contribution is -0.123. The number of carbonyl (C=O) groups is 1. The van der Waals surface area contributed by atoms with E-state index in [1.807, 2.05) is 11.4 Å². The Kier molecular flexibility index (Phi) is 7.96. The highest BCUT2D eigenvalue weighted by molar-refractivity contribution is 9.11. The lowest BCUT2D eigenvalue weighted by atomic mass is 10.3. The molecule has 0 aliphatic heterocycles. The summed E-state index contributed by atoms with van der Waals surface area (Å²) in [6.07, 6.45) is 0. The van der Waals surface area contributed by atoms with Gasteiger partial charge in [-0.15, -0.1) is 23.7 Å². The molecule has 0 aliphatic carbocycles. The van der Waals surface area contributed by atoms with E-state index in [9.17, 15) is 4.79 Å². The van der Waals surface area contributed by atoms with Crippen LogP contribution in [-0.2, 0) is 16.1 Å². The van der Waals surface area contributed by atoms with E-state index < -0.39 is 6.04 Å². The maximum atomic E-state index is 11.4. The van der Waals surface area contributed by atoms with E-state index in [1.165, 1.54) is 7.11 Å². The van der Waals surface area contributed by atoms with Gasteiger partial charge in [-0.25, -0.2) is 0 Å². The van der Waals surface area contributed by atoms with Gasteiger partial charge in [0.1, 0.15) is 6.04 Å². The molecule has 16 heavy (non-hydrogen) atoms. The normalized spacial score (nSPS) is 11.7. The molecule has 0 saturated heterocycles. The first kappa shape index (κ1) is 15.9. The zero-order valence-electron chi connectivity index (χ0n) is 8.73. The molecule has 1 atom stereocenters. The third kappa shape index (κ3) is 5.27. The van der Waals surface area contributed by atoms with Crippen molar-refractivity contribution in [2.24, 2.45) is 5.73 Å². The van der Waals surface area contributed by atoms with Gasteiger partial charge in [-0.05, 0) is 32.9 Å². The first-order valence-corrected chi connectivity index (χ1v) is 6.06. The second-order valence-corrected chi connectivity index (χ2v) is 5.33. The van der Waals surface area contributed by atoms with Crippen molar-refractivity contribution in [2.45, 2.75) is 12.6 Å². The van der Waals surface area contributed by atoms with Gasteiger partial charge in [-0.3, -0.25) is 4.79 Å². The fourth-order valence-corrected chi connectivity index (χ4v) is 2.22. The number of nitrogens with two attached hydrogens (primary N) is 1. The average molecular weight is 330 g/mol. The van der Waals surface area contributed by atoms with E-state index in [0.717, 1.165) is 9.35 Å². The summed E-state index contributed by atoms with van der Waals surface area (Å²) in [6.45, 7) is 0.734. The van der Waals surface area contributed by atoms with E-state index >= 15 is 0 Å². The summed E-state index contributed by atoms with van der Waals surface area (Å²) < 4.78 is 5.84. The van der Waals surface area contributed by atoms with E-state index in [4.69, 9.17) is 10.5 Å². The number of hydrogen-bond acceptors (Lipinski definition) is 4. The van der Waals surface area contributed by atoms with E-state index in [2.05, 4.69) is 21.2 Å². The van der Waals surface area contributed by atoms with Crippen LogP contribution in [0.5, 0.6) is 0 Å². The monoisotopic (exact) mass is 328 g/mol. The molecule has 1 unspecified atom stereocenters. The molecule has 7 heteroatoms. The van der Waals surface area contributed by atoms with Crippen LogP contribution >= 0.6 is 39.7 Å². The van der Waals surface area contributed by atoms with E-state index in [-0.39, 0.29) is 24.9 Å². The van der Waals surface area contributed by atoms with Gasteiger partial charge in [0.2, 0.25) is 5.91 Å². The summed E-state index contributed by atoms with van der Waals surface area (Å²) >= 11 is 4.94. The van der Waals surface area contributed by atoms with Crippen LogP contribution in [0.4, 0.5) is 0 Å². The number of carbonyl (C=O) groups excluding carboxylic acids is 1.